The third-order valence-electron chi connectivity index (χ3n) is 2.45. The van der Waals surface area contributed by atoms with Crippen molar-refractivity contribution < 1.29 is 17.9 Å². The Morgan fingerprint density at radius 1 is 1.00 bits per heavy atom. The number of rotatable bonds is 2. The molecule has 7 heteroatoms. The number of alkyl halides is 3. The van der Waals surface area contributed by atoms with Crippen molar-refractivity contribution in [1.29, 1.82) is 0 Å². The number of nitrogen functional groups attached to an aromatic ring is 1. The van der Waals surface area contributed by atoms with Gasteiger partial charge in [-0.1, -0.05) is 23.2 Å². The Balaban J connectivity index is 2.34. The minimum Gasteiger partial charge on any atom is -0.455 e. The van der Waals surface area contributed by atoms with E-state index in [1.54, 1.807) is 24.3 Å². The number of ether oxygens (including phenoxy) is 1. The summed E-state index contributed by atoms with van der Waals surface area (Å²) < 4.78 is 43.3. The highest BCUT2D eigenvalue weighted by molar-refractivity contribution is 6.31. The molecule has 0 saturated heterocycles. The Morgan fingerprint density at radius 2 is 1.60 bits per heavy atom. The Bertz CT molecular complexity index is 627. The van der Waals surface area contributed by atoms with Crippen molar-refractivity contribution in [3.8, 4) is 11.5 Å². The van der Waals surface area contributed by atoms with E-state index in [0.717, 1.165) is 12.1 Å². The second-order valence-electron chi connectivity index (χ2n) is 3.92. The van der Waals surface area contributed by atoms with Gasteiger partial charge >= 0.3 is 6.18 Å². The van der Waals surface area contributed by atoms with Crippen molar-refractivity contribution in [2.24, 2.45) is 0 Å². The highest BCUT2D eigenvalue weighted by Crippen LogP contribution is 2.40. The summed E-state index contributed by atoms with van der Waals surface area (Å²) in [5, 5.41) is 0.0337. The summed E-state index contributed by atoms with van der Waals surface area (Å²) in [5.74, 6) is 0.433. The molecule has 106 valence electrons. The molecule has 0 heterocycles. The Kier molecular flexibility index (Phi) is 4.01. The van der Waals surface area contributed by atoms with Crippen LogP contribution >= 0.6 is 23.2 Å². The standard InChI is InChI=1S/C13H8Cl2F3NO/c14-7-1-3-8(4-2-7)20-12-6-10(15)9(5-11(12)19)13(16,17)18/h1-6H,19H2. The largest absolute Gasteiger partial charge is 0.455 e. The first kappa shape index (κ1) is 14.8. The average molecular weight is 322 g/mol. The predicted octanol–water partition coefficient (Wildman–Crippen LogP) is 5.39. The van der Waals surface area contributed by atoms with Crippen LogP contribution in [0.5, 0.6) is 11.5 Å². The fourth-order valence-electron chi connectivity index (χ4n) is 1.51. The van der Waals surface area contributed by atoms with E-state index >= 15 is 0 Å². The lowest BCUT2D eigenvalue weighted by atomic mass is 10.2. The zero-order valence-electron chi connectivity index (χ0n) is 9.84. The van der Waals surface area contributed by atoms with Crippen molar-refractivity contribution in [2.45, 2.75) is 6.18 Å². The molecule has 0 amide bonds. The van der Waals surface area contributed by atoms with Crippen LogP contribution < -0.4 is 10.5 Å². The first-order valence-corrected chi connectivity index (χ1v) is 6.12. The first-order valence-electron chi connectivity index (χ1n) is 5.37. The molecular formula is C13H8Cl2F3NO. The van der Waals surface area contributed by atoms with Crippen LogP contribution in [0.25, 0.3) is 0 Å². The molecule has 0 fully saturated rings. The molecule has 2 nitrogen and oxygen atoms in total. The van der Waals surface area contributed by atoms with Crippen molar-refractivity contribution in [3.63, 3.8) is 0 Å². The molecule has 0 radical (unpaired) electrons. The Labute approximate surface area is 122 Å². The zero-order valence-corrected chi connectivity index (χ0v) is 11.4. The van der Waals surface area contributed by atoms with Gasteiger partial charge in [-0.15, -0.1) is 0 Å². The van der Waals surface area contributed by atoms with E-state index in [1.807, 2.05) is 0 Å². The number of benzene rings is 2. The lowest BCUT2D eigenvalue weighted by Crippen LogP contribution is -2.07. The van der Waals surface area contributed by atoms with Gasteiger partial charge in [0, 0.05) is 11.1 Å². The molecule has 0 unspecified atom stereocenters. The topological polar surface area (TPSA) is 35.2 Å². The van der Waals surface area contributed by atoms with Gasteiger partial charge in [0.25, 0.3) is 0 Å². The molecule has 0 aromatic heterocycles. The zero-order chi connectivity index (χ0) is 14.9. The number of hydrogen-bond donors (Lipinski definition) is 1. The van der Waals surface area contributed by atoms with Crippen LogP contribution in [0.4, 0.5) is 18.9 Å². The fraction of sp³-hybridized carbons (Fsp3) is 0.0769. The second kappa shape index (κ2) is 5.42. The van der Waals surface area contributed by atoms with Gasteiger partial charge < -0.3 is 10.5 Å². The third-order valence-corrected chi connectivity index (χ3v) is 3.01. The van der Waals surface area contributed by atoms with Crippen molar-refractivity contribution >= 4 is 28.9 Å². The van der Waals surface area contributed by atoms with E-state index in [9.17, 15) is 13.2 Å². The molecule has 0 saturated carbocycles. The predicted molar refractivity (Wildman–Crippen MR) is 72.4 cm³/mol. The normalized spacial score (nSPS) is 11.4. The number of nitrogens with two attached hydrogens (primary N) is 1. The maximum absolute atomic E-state index is 12.6. The van der Waals surface area contributed by atoms with Gasteiger partial charge in [-0.05, 0) is 30.3 Å². The molecular weight excluding hydrogens is 314 g/mol. The van der Waals surface area contributed by atoms with Crippen LogP contribution in [0.3, 0.4) is 0 Å². The average Bonchev–Trinajstić information content (AvgIpc) is 2.35. The van der Waals surface area contributed by atoms with Crippen molar-refractivity contribution in [3.05, 3.63) is 52.0 Å². The number of halogens is 5. The van der Waals surface area contributed by atoms with Crippen molar-refractivity contribution in [1.82, 2.24) is 0 Å². The number of hydrogen-bond acceptors (Lipinski definition) is 2. The first-order chi connectivity index (χ1) is 9.27. The maximum atomic E-state index is 12.6. The minimum absolute atomic E-state index is 0.0466. The smallest absolute Gasteiger partial charge is 0.417 e. The van der Waals surface area contributed by atoms with E-state index < -0.39 is 16.8 Å². The highest BCUT2D eigenvalue weighted by Gasteiger charge is 2.34. The quantitative estimate of drug-likeness (QED) is 0.753. The fourth-order valence-corrected chi connectivity index (χ4v) is 1.89. The Morgan fingerprint density at radius 3 is 2.15 bits per heavy atom. The summed E-state index contributed by atoms with van der Waals surface area (Å²) in [6, 6.07) is 8.07. The second-order valence-corrected chi connectivity index (χ2v) is 4.77. The van der Waals surface area contributed by atoms with Crippen LogP contribution in [-0.2, 0) is 6.18 Å². The van der Waals surface area contributed by atoms with Gasteiger partial charge in [-0.2, -0.15) is 13.2 Å². The molecule has 2 aromatic carbocycles. The summed E-state index contributed by atoms with van der Waals surface area (Å²) in [4.78, 5) is 0. The van der Waals surface area contributed by atoms with Crippen LogP contribution in [-0.4, -0.2) is 0 Å². The molecule has 20 heavy (non-hydrogen) atoms. The van der Waals surface area contributed by atoms with Gasteiger partial charge in [0.05, 0.1) is 16.3 Å². The molecule has 2 N–H and O–H groups in total. The van der Waals surface area contributed by atoms with Crippen LogP contribution in [0.1, 0.15) is 5.56 Å². The summed E-state index contributed by atoms with van der Waals surface area (Å²) in [7, 11) is 0. The van der Waals surface area contributed by atoms with E-state index in [-0.39, 0.29) is 11.4 Å². The van der Waals surface area contributed by atoms with Gasteiger partial charge in [0.2, 0.25) is 0 Å². The van der Waals surface area contributed by atoms with E-state index in [2.05, 4.69) is 0 Å². The molecule has 0 aliphatic carbocycles. The van der Waals surface area contributed by atoms with E-state index in [0.29, 0.717) is 10.8 Å². The lowest BCUT2D eigenvalue weighted by molar-refractivity contribution is -0.137. The molecule has 0 atom stereocenters. The monoisotopic (exact) mass is 321 g/mol. The molecule has 0 aliphatic heterocycles. The van der Waals surface area contributed by atoms with Crippen LogP contribution in [0.15, 0.2) is 36.4 Å². The van der Waals surface area contributed by atoms with Crippen molar-refractivity contribution in [2.75, 3.05) is 5.73 Å². The van der Waals surface area contributed by atoms with Gasteiger partial charge in [-0.25, -0.2) is 0 Å². The van der Waals surface area contributed by atoms with Crippen LogP contribution in [0.2, 0.25) is 10.0 Å². The van der Waals surface area contributed by atoms with Gasteiger partial charge in [0.1, 0.15) is 5.75 Å². The summed E-state index contributed by atoms with van der Waals surface area (Å²) in [6.07, 6.45) is -4.57. The lowest BCUT2D eigenvalue weighted by Gasteiger charge is -2.13. The molecule has 0 spiro atoms. The molecule has 2 rings (SSSR count). The van der Waals surface area contributed by atoms with E-state index in [4.69, 9.17) is 33.7 Å². The summed E-state index contributed by atoms with van der Waals surface area (Å²) in [6.45, 7) is 0. The molecule has 0 bridgehead atoms. The molecule has 0 aliphatic rings. The van der Waals surface area contributed by atoms with E-state index in [1.165, 1.54) is 0 Å². The SMILES string of the molecule is Nc1cc(C(F)(F)F)c(Cl)cc1Oc1ccc(Cl)cc1. The summed E-state index contributed by atoms with van der Waals surface area (Å²) >= 11 is 11.3. The number of anilines is 1. The highest BCUT2D eigenvalue weighted by atomic mass is 35.5. The molecule has 2 aromatic rings. The summed E-state index contributed by atoms with van der Waals surface area (Å²) in [5.41, 5.74) is 4.40. The minimum atomic E-state index is -4.57. The van der Waals surface area contributed by atoms with Crippen LogP contribution in [0, 0.1) is 0 Å². The third kappa shape index (κ3) is 3.29. The van der Waals surface area contributed by atoms with Gasteiger partial charge in [0.15, 0.2) is 5.75 Å². The maximum Gasteiger partial charge on any atom is 0.417 e. The van der Waals surface area contributed by atoms with Gasteiger partial charge in [-0.3, -0.25) is 0 Å². The Hall–Kier alpha value is -1.59.